The van der Waals surface area contributed by atoms with E-state index in [2.05, 4.69) is 46.4 Å². The maximum Gasteiger partial charge on any atom is 0.150 e. The van der Waals surface area contributed by atoms with E-state index in [0.717, 1.165) is 17.5 Å². The highest BCUT2D eigenvalue weighted by atomic mass is 32.2. The summed E-state index contributed by atoms with van der Waals surface area (Å²) in [5.74, 6) is 0.457. The molecule has 1 fully saturated rings. The van der Waals surface area contributed by atoms with Crippen LogP contribution in [0.3, 0.4) is 0 Å². The van der Waals surface area contributed by atoms with E-state index in [1.165, 1.54) is 49.6 Å². The number of benzene rings is 1. The fourth-order valence-electron chi connectivity index (χ4n) is 4.86. The van der Waals surface area contributed by atoms with E-state index in [4.69, 9.17) is 0 Å². The first-order chi connectivity index (χ1) is 13.6. The lowest BCUT2D eigenvalue weighted by Gasteiger charge is -2.34. The van der Waals surface area contributed by atoms with Crippen molar-refractivity contribution >= 4 is 20.7 Å². The number of fused-ring (bicyclic) bond motifs is 1. The van der Waals surface area contributed by atoms with Gasteiger partial charge in [0.05, 0.1) is 5.75 Å². The van der Waals surface area contributed by atoms with E-state index in [9.17, 15) is 8.42 Å². The third-order valence-electron chi connectivity index (χ3n) is 6.56. The molecule has 2 aliphatic rings. The molecule has 1 aromatic carbocycles. The smallest absolute Gasteiger partial charge is 0.150 e. The van der Waals surface area contributed by atoms with Crippen molar-refractivity contribution in [3.63, 3.8) is 0 Å². The van der Waals surface area contributed by atoms with E-state index < -0.39 is 9.84 Å². The summed E-state index contributed by atoms with van der Waals surface area (Å²) >= 11 is 0. The number of allylic oxidation sites excluding steroid dienone is 1. The van der Waals surface area contributed by atoms with Crippen LogP contribution in [-0.2, 0) is 22.7 Å². The summed E-state index contributed by atoms with van der Waals surface area (Å²) in [4.78, 5) is 6.17. The van der Waals surface area contributed by atoms with E-state index >= 15 is 0 Å². The number of aryl methyl sites for hydroxylation is 1. The Kier molecular flexibility index (Phi) is 5.93. The molecule has 2 aromatic rings. The van der Waals surface area contributed by atoms with Gasteiger partial charge >= 0.3 is 0 Å². The summed E-state index contributed by atoms with van der Waals surface area (Å²) in [6, 6.07) is 7.70. The second-order valence-electron chi connectivity index (χ2n) is 8.36. The number of hydrogen-bond donors (Lipinski definition) is 1. The van der Waals surface area contributed by atoms with Crippen LogP contribution in [0.25, 0.3) is 10.9 Å². The average Bonchev–Trinajstić information content (AvgIpc) is 3.34. The molecule has 5 heteroatoms. The van der Waals surface area contributed by atoms with E-state index in [-0.39, 0.29) is 11.5 Å². The number of hydrogen-bond acceptors (Lipinski definition) is 3. The largest absolute Gasteiger partial charge is 0.361 e. The maximum atomic E-state index is 11.9. The van der Waals surface area contributed by atoms with Gasteiger partial charge in [-0.05, 0) is 74.8 Å². The summed E-state index contributed by atoms with van der Waals surface area (Å²) in [6.07, 6.45) is 14.8. The highest BCUT2D eigenvalue weighted by Gasteiger charge is 2.31. The lowest BCUT2D eigenvalue weighted by Crippen LogP contribution is -2.40. The number of nitrogens with zero attached hydrogens (tertiary/aromatic N) is 1. The van der Waals surface area contributed by atoms with Gasteiger partial charge in [-0.1, -0.05) is 25.1 Å². The molecule has 1 unspecified atom stereocenters. The predicted molar refractivity (Wildman–Crippen MR) is 117 cm³/mol. The first-order valence-corrected chi connectivity index (χ1v) is 12.6. The Hall–Kier alpha value is -1.59. The fourth-order valence-corrected chi connectivity index (χ4v) is 5.69. The number of likely N-dealkylation sites (tertiary alicyclic amines) is 1. The third-order valence-corrected chi connectivity index (χ3v) is 8.27. The minimum Gasteiger partial charge on any atom is -0.361 e. The number of aromatic nitrogens is 1. The van der Waals surface area contributed by atoms with Gasteiger partial charge in [0.1, 0.15) is 9.84 Å². The molecular weight excluding hydrogens is 368 g/mol. The van der Waals surface area contributed by atoms with E-state index in [0.29, 0.717) is 18.5 Å². The molecule has 4 nitrogen and oxygen atoms in total. The Balaban J connectivity index is 1.50. The van der Waals surface area contributed by atoms with Gasteiger partial charge in [-0.25, -0.2) is 8.42 Å². The van der Waals surface area contributed by atoms with Crippen LogP contribution in [0.15, 0.2) is 36.5 Å². The summed E-state index contributed by atoms with van der Waals surface area (Å²) in [7, 11) is -2.93. The Labute approximate surface area is 168 Å². The number of sulfone groups is 1. The highest BCUT2D eigenvalue weighted by Crippen LogP contribution is 2.30. The number of H-pyrrole nitrogens is 1. The van der Waals surface area contributed by atoms with Gasteiger partial charge in [0, 0.05) is 34.9 Å². The molecule has 1 aliphatic carbocycles. The van der Waals surface area contributed by atoms with Crippen molar-refractivity contribution in [2.24, 2.45) is 0 Å². The molecule has 0 radical (unpaired) electrons. The van der Waals surface area contributed by atoms with Crippen molar-refractivity contribution in [1.29, 1.82) is 0 Å². The van der Waals surface area contributed by atoms with Gasteiger partial charge in [0.25, 0.3) is 0 Å². The summed E-state index contributed by atoms with van der Waals surface area (Å²) < 4.78 is 23.7. The molecule has 0 amide bonds. The number of aromatic amines is 1. The normalized spacial score (nSPS) is 23.6. The highest BCUT2D eigenvalue weighted by molar-refractivity contribution is 7.91. The molecule has 0 saturated carbocycles. The van der Waals surface area contributed by atoms with Crippen molar-refractivity contribution in [3.8, 4) is 0 Å². The second kappa shape index (κ2) is 8.42. The summed E-state index contributed by atoms with van der Waals surface area (Å²) in [5, 5.41) is 1.27. The SMILES string of the molecule is CCS(=O)(=O)CCc1ccc2[nH]cc(C[C@H]3CCCN3C3CC=CCC3)c2c1. The third kappa shape index (κ3) is 4.36. The Morgan fingerprint density at radius 1 is 1.21 bits per heavy atom. The molecule has 2 atom stereocenters. The minimum atomic E-state index is -2.93. The van der Waals surface area contributed by atoms with Crippen LogP contribution in [0.2, 0.25) is 0 Å². The number of nitrogens with one attached hydrogen (secondary N) is 1. The second-order valence-corrected chi connectivity index (χ2v) is 10.8. The average molecular weight is 401 g/mol. The van der Waals surface area contributed by atoms with E-state index in [1.807, 2.05) is 0 Å². The van der Waals surface area contributed by atoms with Gasteiger partial charge in [-0.3, -0.25) is 4.90 Å². The zero-order chi connectivity index (χ0) is 19.6. The first-order valence-electron chi connectivity index (χ1n) is 10.8. The van der Waals surface area contributed by atoms with Crippen LogP contribution >= 0.6 is 0 Å². The Morgan fingerprint density at radius 2 is 2.11 bits per heavy atom. The standard InChI is InChI=1S/C23H32N2O2S/c1-2-28(26,27)14-12-18-10-11-23-22(15-18)19(17-24-23)16-21-9-6-13-25(21)20-7-4-3-5-8-20/h3-4,10-11,15,17,20-21,24H,2,5-9,12-14,16H2,1H3/t20?,21-/m1/s1. The summed E-state index contributed by atoms with van der Waals surface area (Å²) in [6.45, 7) is 2.95. The lowest BCUT2D eigenvalue weighted by molar-refractivity contribution is 0.168. The van der Waals surface area contributed by atoms with Crippen LogP contribution in [0, 0.1) is 0 Å². The van der Waals surface area contributed by atoms with Crippen LogP contribution in [0.4, 0.5) is 0 Å². The monoisotopic (exact) mass is 400 g/mol. The lowest BCUT2D eigenvalue weighted by atomic mass is 9.97. The van der Waals surface area contributed by atoms with Crippen molar-refractivity contribution < 1.29 is 8.42 Å². The van der Waals surface area contributed by atoms with Gasteiger partial charge in [-0.2, -0.15) is 0 Å². The number of rotatable bonds is 7. The van der Waals surface area contributed by atoms with Gasteiger partial charge in [-0.15, -0.1) is 0 Å². The van der Waals surface area contributed by atoms with Crippen LogP contribution in [0.1, 0.15) is 50.2 Å². The maximum absolute atomic E-state index is 11.9. The van der Waals surface area contributed by atoms with Crippen molar-refractivity contribution in [2.45, 2.75) is 64.0 Å². The molecule has 28 heavy (non-hydrogen) atoms. The van der Waals surface area contributed by atoms with Gasteiger partial charge < -0.3 is 4.98 Å². The molecule has 2 heterocycles. The van der Waals surface area contributed by atoms with Crippen molar-refractivity contribution in [3.05, 3.63) is 47.7 Å². The van der Waals surface area contributed by atoms with Gasteiger partial charge in [0.2, 0.25) is 0 Å². The topological polar surface area (TPSA) is 53.2 Å². The predicted octanol–water partition coefficient (Wildman–Crippen LogP) is 4.26. The Bertz CT molecular complexity index is 945. The van der Waals surface area contributed by atoms with Crippen molar-refractivity contribution in [2.75, 3.05) is 18.1 Å². The molecule has 0 bridgehead atoms. The molecule has 1 N–H and O–H groups in total. The first kappa shape index (κ1) is 19.7. The van der Waals surface area contributed by atoms with Crippen LogP contribution in [-0.4, -0.2) is 48.4 Å². The summed E-state index contributed by atoms with van der Waals surface area (Å²) in [5.41, 5.74) is 3.65. The molecular formula is C23H32N2O2S. The minimum absolute atomic E-state index is 0.221. The quantitative estimate of drug-likeness (QED) is 0.707. The zero-order valence-corrected chi connectivity index (χ0v) is 17.7. The molecule has 1 aliphatic heterocycles. The van der Waals surface area contributed by atoms with Crippen LogP contribution < -0.4 is 0 Å². The molecule has 0 spiro atoms. The van der Waals surface area contributed by atoms with Crippen molar-refractivity contribution in [1.82, 2.24) is 9.88 Å². The fraction of sp³-hybridized carbons (Fsp3) is 0.565. The molecule has 4 rings (SSSR count). The zero-order valence-electron chi connectivity index (χ0n) is 16.9. The van der Waals surface area contributed by atoms with E-state index in [1.54, 1.807) is 6.92 Å². The Morgan fingerprint density at radius 3 is 2.89 bits per heavy atom. The molecule has 1 saturated heterocycles. The molecule has 152 valence electrons. The molecule has 1 aromatic heterocycles. The van der Waals surface area contributed by atoms with Crippen LogP contribution in [0.5, 0.6) is 0 Å². The van der Waals surface area contributed by atoms with Gasteiger partial charge in [0.15, 0.2) is 0 Å².